The molecule has 0 bridgehead atoms. The van der Waals surface area contributed by atoms with E-state index in [1.165, 1.54) is 45.2 Å². The van der Waals surface area contributed by atoms with E-state index >= 15 is 0 Å². The number of hydrogen-bond acceptors (Lipinski definition) is 4. The summed E-state index contributed by atoms with van der Waals surface area (Å²) in [7, 11) is 5.19. The molecule has 2 aliphatic rings. The number of aryl methyl sites for hydroxylation is 1. The van der Waals surface area contributed by atoms with Gasteiger partial charge in [0.25, 0.3) is 5.91 Å². The Morgan fingerprint density at radius 2 is 1.93 bits per heavy atom. The van der Waals surface area contributed by atoms with Crippen molar-refractivity contribution in [3.8, 4) is 11.5 Å². The van der Waals surface area contributed by atoms with Crippen molar-refractivity contribution in [1.29, 1.82) is 0 Å². The van der Waals surface area contributed by atoms with E-state index in [2.05, 4.69) is 10.2 Å². The summed E-state index contributed by atoms with van der Waals surface area (Å²) in [5.74, 6) is 1.97. The lowest BCUT2D eigenvalue weighted by Crippen LogP contribution is -2.51. The summed E-state index contributed by atoms with van der Waals surface area (Å²) in [5, 5.41) is 4.13. The van der Waals surface area contributed by atoms with E-state index in [1.807, 2.05) is 29.8 Å². The highest BCUT2D eigenvalue weighted by atomic mass is 16.5. The van der Waals surface area contributed by atoms with Crippen molar-refractivity contribution in [1.82, 2.24) is 14.8 Å². The second kappa shape index (κ2) is 8.03. The average molecular weight is 386 g/mol. The lowest BCUT2D eigenvalue weighted by atomic mass is 9.83. The quantitative estimate of drug-likeness (QED) is 0.859. The van der Waals surface area contributed by atoms with Gasteiger partial charge in [-0.3, -0.25) is 4.79 Å². The molecule has 0 aliphatic carbocycles. The van der Waals surface area contributed by atoms with Gasteiger partial charge >= 0.3 is 0 Å². The normalized spacial score (nSPS) is 22.7. The van der Waals surface area contributed by atoms with E-state index in [0.717, 1.165) is 23.2 Å². The number of aromatic nitrogens is 1. The number of nitrogens with one attached hydrogen (secondary N) is 1. The summed E-state index contributed by atoms with van der Waals surface area (Å²) >= 11 is 0. The van der Waals surface area contributed by atoms with Crippen LogP contribution in [0.25, 0.3) is 10.9 Å². The van der Waals surface area contributed by atoms with E-state index in [9.17, 15) is 4.79 Å². The Morgan fingerprint density at radius 3 is 2.71 bits per heavy atom. The molecule has 28 heavy (non-hydrogen) atoms. The maximum Gasteiger partial charge on any atom is 0.267 e. The van der Waals surface area contributed by atoms with Crippen LogP contribution < -0.4 is 14.8 Å². The summed E-state index contributed by atoms with van der Waals surface area (Å²) in [6, 6.07) is 6.34. The van der Waals surface area contributed by atoms with Gasteiger partial charge in [-0.2, -0.15) is 0 Å². The summed E-state index contributed by atoms with van der Waals surface area (Å²) in [4.78, 5) is 15.6. The second-order valence-corrected chi connectivity index (χ2v) is 8.06. The average Bonchev–Trinajstić information content (AvgIpc) is 3.07. The van der Waals surface area contributed by atoms with E-state index in [-0.39, 0.29) is 5.91 Å². The van der Waals surface area contributed by atoms with E-state index in [4.69, 9.17) is 9.47 Å². The fourth-order valence-corrected chi connectivity index (χ4v) is 5.01. The zero-order valence-electron chi connectivity index (χ0n) is 17.2. The number of piperidine rings is 2. The van der Waals surface area contributed by atoms with Crippen LogP contribution in [0.5, 0.6) is 11.5 Å². The van der Waals surface area contributed by atoms with Crippen LogP contribution in [0.4, 0.5) is 0 Å². The standard InChI is InChI=1S/C22H31N3O3/c1-24-19-11-16(27-2)12-21(28-3)17(19)13-20(24)22(26)23-14-15-7-6-10-25-9-5-4-8-18(15)25/h11-13,15,18H,4-10,14H2,1-3H3,(H,23,26)/t15-,18-/m1/s1. The fourth-order valence-electron chi connectivity index (χ4n) is 5.01. The molecular weight excluding hydrogens is 354 g/mol. The van der Waals surface area contributed by atoms with Crippen molar-refractivity contribution in [2.24, 2.45) is 13.0 Å². The highest BCUT2D eigenvalue weighted by Gasteiger charge is 2.33. The van der Waals surface area contributed by atoms with Crippen molar-refractivity contribution in [2.45, 2.75) is 38.1 Å². The Hall–Kier alpha value is -2.21. The molecule has 3 heterocycles. The van der Waals surface area contributed by atoms with Crippen LogP contribution in [0.1, 0.15) is 42.6 Å². The van der Waals surface area contributed by atoms with Crippen molar-refractivity contribution >= 4 is 16.8 Å². The van der Waals surface area contributed by atoms with Gasteiger partial charge < -0.3 is 24.3 Å². The minimum Gasteiger partial charge on any atom is -0.497 e. The number of rotatable bonds is 5. The van der Waals surface area contributed by atoms with E-state index in [0.29, 0.717) is 23.4 Å². The summed E-state index contributed by atoms with van der Waals surface area (Å²) in [5.41, 5.74) is 1.58. The molecule has 6 heteroatoms. The Balaban J connectivity index is 1.51. The maximum atomic E-state index is 13.0. The van der Waals surface area contributed by atoms with Gasteiger partial charge in [0.1, 0.15) is 17.2 Å². The molecule has 152 valence electrons. The number of amides is 1. The highest BCUT2D eigenvalue weighted by molar-refractivity contribution is 6.00. The molecular formula is C22H31N3O3. The zero-order chi connectivity index (χ0) is 19.7. The number of ether oxygens (including phenoxy) is 2. The molecule has 0 unspecified atom stereocenters. The van der Waals surface area contributed by atoms with E-state index < -0.39 is 0 Å². The van der Waals surface area contributed by atoms with Crippen molar-refractivity contribution < 1.29 is 14.3 Å². The number of carbonyl (C=O) groups excluding carboxylic acids is 1. The van der Waals surface area contributed by atoms with Gasteiger partial charge in [-0.1, -0.05) is 6.42 Å². The van der Waals surface area contributed by atoms with Gasteiger partial charge in [0.2, 0.25) is 0 Å². The molecule has 2 atom stereocenters. The minimum absolute atomic E-state index is 0.0207. The van der Waals surface area contributed by atoms with Crippen LogP contribution in [0.15, 0.2) is 18.2 Å². The van der Waals surface area contributed by atoms with Gasteiger partial charge in [0.05, 0.1) is 19.7 Å². The maximum absolute atomic E-state index is 13.0. The summed E-state index contributed by atoms with van der Waals surface area (Å²) in [6.45, 7) is 3.20. The third-order valence-electron chi connectivity index (χ3n) is 6.54. The van der Waals surface area contributed by atoms with Crippen LogP contribution in [-0.4, -0.2) is 55.3 Å². The summed E-state index contributed by atoms with van der Waals surface area (Å²) in [6.07, 6.45) is 6.35. The highest BCUT2D eigenvalue weighted by Crippen LogP contribution is 2.33. The third-order valence-corrected chi connectivity index (χ3v) is 6.54. The number of methoxy groups -OCH3 is 2. The predicted molar refractivity (Wildman–Crippen MR) is 110 cm³/mol. The molecule has 0 saturated carbocycles. The van der Waals surface area contributed by atoms with Crippen molar-refractivity contribution in [3.05, 3.63) is 23.9 Å². The van der Waals surface area contributed by atoms with Gasteiger partial charge in [-0.05, 0) is 50.8 Å². The van der Waals surface area contributed by atoms with E-state index in [1.54, 1.807) is 14.2 Å². The largest absolute Gasteiger partial charge is 0.497 e. The molecule has 1 aromatic heterocycles. The molecule has 2 aliphatic heterocycles. The molecule has 1 N–H and O–H groups in total. The third kappa shape index (κ3) is 3.46. The van der Waals surface area contributed by atoms with Gasteiger partial charge in [0, 0.05) is 37.2 Å². The topological polar surface area (TPSA) is 55.7 Å². The molecule has 0 radical (unpaired) electrons. The van der Waals surface area contributed by atoms with Crippen LogP contribution in [0, 0.1) is 5.92 Å². The first-order chi connectivity index (χ1) is 13.6. The number of benzene rings is 1. The predicted octanol–water partition coefficient (Wildman–Crippen LogP) is 3.19. The van der Waals surface area contributed by atoms with Gasteiger partial charge in [-0.25, -0.2) is 0 Å². The van der Waals surface area contributed by atoms with Crippen molar-refractivity contribution in [3.63, 3.8) is 0 Å². The van der Waals surface area contributed by atoms with Crippen LogP contribution in [0.3, 0.4) is 0 Å². The van der Waals surface area contributed by atoms with Gasteiger partial charge in [0.15, 0.2) is 0 Å². The smallest absolute Gasteiger partial charge is 0.267 e. The van der Waals surface area contributed by atoms with Crippen LogP contribution in [-0.2, 0) is 7.05 Å². The monoisotopic (exact) mass is 385 g/mol. The van der Waals surface area contributed by atoms with Crippen LogP contribution in [0.2, 0.25) is 0 Å². The number of nitrogens with zero attached hydrogens (tertiary/aromatic N) is 2. The van der Waals surface area contributed by atoms with Crippen molar-refractivity contribution in [2.75, 3.05) is 33.9 Å². The Kier molecular flexibility index (Phi) is 5.49. The summed E-state index contributed by atoms with van der Waals surface area (Å²) < 4.78 is 12.8. The SMILES string of the molecule is COc1cc(OC)c2cc(C(=O)NC[C@H]3CCCN4CCCC[C@H]34)n(C)c2c1. The van der Waals surface area contributed by atoms with Crippen LogP contribution >= 0.6 is 0 Å². The zero-order valence-corrected chi connectivity index (χ0v) is 17.2. The first-order valence-corrected chi connectivity index (χ1v) is 10.4. The first kappa shape index (κ1) is 19.1. The molecule has 2 saturated heterocycles. The molecule has 2 fully saturated rings. The minimum atomic E-state index is -0.0207. The fraction of sp³-hybridized carbons (Fsp3) is 0.591. The molecule has 1 aromatic carbocycles. The second-order valence-electron chi connectivity index (χ2n) is 8.06. The molecule has 6 nitrogen and oxygen atoms in total. The lowest BCUT2D eigenvalue weighted by molar-refractivity contribution is 0.0574. The lowest BCUT2D eigenvalue weighted by Gasteiger charge is -2.44. The molecule has 1 amide bonds. The molecule has 4 rings (SSSR count). The number of carbonyl (C=O) groups is 1. The molecule has 0 spiro atoms. The number of fused-ring (bicyclic) bond motifs is 2. The molecule has 2 aromatic rings. The Morgan fingerprint density at radius 1 is 1.11 bits per heavy atom. The number of hydrogen-bond donors (Lipinski definition) is 1. The first-order valence-electron chi connectivity index (χ1n) is 10.4. The van der Waals surface area contributed by atoms with Gasteiger partial charge in [-0.15, -0.1) is 0 Å². The Labute approximate surface area is 166 Å². The Bertz CT molecular complexity index is 858.